The van der Waals surface area contributed by atoms with E-state index in [0.717, 1.165) is 17.0 Å². The van der Waals surface area contributed by atoms with Gasteiger partial charge in [0.25, 0.3) is 0 Å². The molecule has 1 aromatic rings. The number of nitrogens with zero attached hydrogens (tertiary/aromatic N) is 2. The average Bonchev–Trinajstić information content (AvgIpc) is 2.80. The van der Waals surface area contributed by atoms with Crippen LogP contribution in [0.15, 0.2) is 17.7 Å². The second kappa shape index (κ2) is 5.10. The minimum absolute atomic E-state index is 0.246. The van der Waals surface area contributed by atoms with E-state index in [1.165, 1.54) is 0 Å². The lowest BCUT2D eigenvalue weighted by Crippen LogP contribution is -2.39. The Morgan fingerprint density at radius 1 is 1.50 bits per heavy atom. The van der Waals surface area contributed by atoms with E-state index in [1.54, 1.807) is 22.4 Å². The predicted molar refractivity (Wildman–Crippen MR) is 72.5 cm³/mol. The lowest BCUT2D eigenvalue weighted by atomic mass is 10.1. The number of amides is 1. The molecule has 0 fully saturated rings. The molecule has 0 radical (unpaired) electrons. The van der Waals surface area contributed by atoms with Crippen molar-refractivity contribution in [3.8, 4) is 0 Å². The summed E-state index contributed by atoms with van der Waals surface area (Å²) in [5.74, 6) is 0. The number of thiazole rings is 1. The monoisotopic (exact) mass is 266 g/mol. The van der Waals surface area contributed by atoms with Crippen molar-refractivity contribution in [2.75, 3.05) is 13.1 Å². The minimum Gasteiger partial charge on any atom is -0.444 e. The van der Waals surface area contributed by atoms with Crippen molar-refractivity contribution < 1.29 is 9.53 Å². The number of hydrogen-bond acceptors (Lipinski definition) is 4. The predicted octanol–water partition coefficient (Wildman–Crippen LogP) is 3.17. The minimum atomic E-state index is -0.445. The first-order valence-corrected chi connectivity index (χ1v) is 6.90. The highest BCUT2D eigenvalue weighted by Gasteiger charge is 2.25. The van der Waals surface area contributed by atoms with E-state index >= 15 is 0 Å². The Balaban J connectivity index is 2.02. The van der Waals surface area contributed by atoms with E-state index in [2.05, 4.69) is 11.1 Å². The molecule has 1 aromatic heterocycles. The zero-order chi connectivity index (χ0) is 13.2. The van der Waals surface area contributed by atoms with Gasteiger partial charge in [-0.3, -0.25) is 0 Å². The molecule has 1 amide bonds. The third-order valence-electron chi connectivity index (χ3n) is 2.51. The van der Waals surface area contributed by atoms with Crippen molar-refractivity contribution >= 4 is 23.0 Å². The van der Waals surface area contributed by atoms with Gasteiger partial charge in [0.05, 0.1) is 6.54 Å². The SMILES string of the molecule is CC(C)(C)OC(=O)N1CCC=C(c2nccs2)C1. The molecule has 0 saturated heterocycles. The van der Waals surface area contributed by atoms with Gasteiger partial charge in [0.15, 0.2) is 0 Å². The van der Waals surface area contributed by atoms with Gasteiger partial charge in [-0.05, 0) is 27.2 Å². The largest absolute Gasteiger partial charge is 0.444 e. The Kier molecular flexibility index (Phi) is 3.71. The molecule has 1 aliphatic rings. The van der Waals surface area contributed by atoms with E-state index in [-0.39, 0.29) is 6.09 Å². The third-order valence-corrected chi connectivity index (χ3v) is 3.36. The Morgan fingerprint density at radius 3 is 2.89 bits per heavy atom. The van der Waals surface area contributed by atoms with Crippen LogP contribution >= 0.6 is 11.3 Å². The summed E-state index contributed by atoms with van der Waals surface area (Å²) >= 11 is 1.60. The normalized spacial score (nSPS) is 16.4. The van der Waals surface area contributed by atoms with Gasteiger partial charge in [-0.15, -0.1) is 11.3 Å². The first-order chi connectivity index (χ1) is 8.46. The molecule has 0 atom stereocenters. The molecule has 18 heavy (non-hydrogen) atoms. The maximum absolute atomic E-state index is 12.0. The fourth-order valence-corrected chi connectivity index (χ4v) is 2.43. The van der Waals surface area contributed by atoms with E-state index in [4.69, 9.17) is 4.74 Å². The molecule has 0 bridgehead atoms. The van der Waals surface area contributed by atoms with Crippen LogP contribution in [0.5, 0.6) is 0 Å². The van der Waals surface area contributed by atoms with Crippen molar-refractivity contribution in [3.63, 3.8) is 0 Å². The van der Waals surface area contributed by atoms with E-state index in [1.807, 2.05) is 26.2 Å². The van der Waals surface area contributed by atoms with E-state index in [0.29, 0.717) is 13.1 Å². The van der Waals surface area contributed by atoms with Crippen LogP contribution in [0.1, 0.15) is 32.2 Å². The van der Waals surface area contributed by atoms with E-state index < -0.39 is 5.60 Å². The molecule has 0 N–H and O–H groups in total. The number of carbonyl (C=O) groups excluding carboxylic acids is 1. The quantitative estimate of drug-likeness (QED) is 0.784. The first kappa shape index (κ1) is 13.1. The fourth-order valence-electron chi connectivity index (χ4n) is 1.76. The summed E-state index contributed by atoms with van der Waals surface area (Å²) in [6, 6.07) is 0. The molecule has 0 spiro atoms. The van der Waals surface area contributed by atoms with Crippen molar-refractivity contribution in [1.82, 2.24) is 9.88 Å². The van der Waals surface area contributed by atoms with Gasteiger partial charge in [0.1, 0.15) is 10.6 Å². The number of aromatic nitrogens is 1. The van der Waals surface area contributed by atoms with Crippen molar-refractivity contribution in [2.24, 2.45) is 0 Å². The van der Waals surface area contributed by atoms with Gasteiger partial charge >= 0.3 is 6.09 Å². The van der Waals surface area contributed by atoms with Crippen LogP contribution in [-0.4, -0.2) is 34.7 Å². The molecule has 0 aliphatic carbocycles. The van der Waals surface area contributed by atoms with Crippen LogP contribution in [0.2, 0.25) is 0 Å². The van der Waals surface area contributed by atoms with Crippen LogP contribution in [0, 0.1) is 0 Å². The maximum atomic E-state index is 12.0. The highest BCUT2D eigenvalue weighted by molar-refractivity contribution is 7.10. The third kappa shape index (κ3) is 3.32. The Labute approximate surface area is 111 Å². The Bertz CT molecular complexity index is 446. The molecular formula is C13H18N2O2S. The standard InChI is InChI=1S/C13H18N2O2S/c1-13(2,3)17-12(16)15-7-4-5-10(9-15)11-14-6-8-18-11/h5-6,8H,4,7,9H2,1-3H3. The number of hydrogen-bond donors (Lipinski definition) is 0. The topological polar surface area (TPSA) is 42.4 Å². The summed E-state index contributed by atoms with van der Waals surface area (Å²) in [6.07, 6.45) is 4.55. The molecule has 98 valence electrons. The van der Waals surface area contributed by atoms with Crippen LogP contribution < -0.4 is 0 Å². The van der Waals surface area contributed by atoms with Crippen LogP contribution in [0.25, 0.3) is 5.57 Å². The number of rotatable bonds is 1. The van der Waals surface area contributed by atoms with Crippen molar-refractivity contribution in [1.29, 1.82) is 0 Å². The van der Waals surface area contributed by atoms with Gasteiger partial charge < -0.3 is 9.64 Å². The Morgan fingerprint density at radius 2 is 2.28 bits per heavy atom. The summed E-state index contributed by atoms with van der Waals surface area (Å²) < 4.78 is 5.39. The molecule has 1 aliphatic heterocycles. The molecule has 0 aromatic carbocycles. The maximum Gasteiger partial charge on any atom is 0.410 e. The molecule has 2 rings (SSSR count). The zero-order valence-electron chi connectivity index (χ0n) is 11.0. The van der Waals surface area contributed by atoms with Crippen LogP contribution in [0.4, 0.5) is 4.79 Å². The smallest absolute Gasteiger partial charge is 0.410 e. The van der Waals surface area contributed by atoms with Crippen LogP contribution in [-0.2, 0) is 4.74 Å². The molecule has 5 heteroatoms. The highest BCUT2D eigenvalue weighted by Crippen LogP contribution is 2.23. The summed E-state index contributed by atoms with van der Waals surface area (Å²) in [4.78, 5) is 18.0. The van der Waals surface area contributed by atoms with Gasteiger partial charge in [0, 0.05) is 23.7 Å². The second-order valence-electron chi connectivity index (χ2n) is 5.26. The molecule has 0 saturated carbocycles. The number of ether oxygens (including phenoxy) is 1. The van der Waals surface area contributed by atoms with Gasteiger partial charge in [-0.2, -0.15) is 0 Å². The number of carbonyl (C=O) groups is 1. The molecule has 4 nitrogen and oxygen atoms in total. The Hall–Kier alpha value is -1.36. The molecular weight excluding hydrogens is 248 g/mol. The zero-order valence-corrected chi connectivity index (χ0v) is 11.8. The summed E-state index contributed by atoms with van der Waals surface area (Å²) in [6.45, 7) is 6.94. The lowest BCUT2D eigenvalue weighted by Gasteiger charge is -2.29. The average molecular weight is 266 g/mol. The lowest BCUT2D eigenvalue weighted by molar-refractivity contribution is 0.0273. The van der Waals surface area contributed by atoms with Gasteiger partial charge in [0.2, 0.25) is 0 Å². The van der Waals surface area contributed by atoms with Crippen molar-refractivity contribution in [3.05, 3.63) is 22.7 Å². The second-order valence-corrected chi connectivity index (χ2v) is 6.15. The molecule has 2 heterocycles. The molecule has 0 unspecified atom stereocenters. The summed E-state index contributed by atoms with van der Waals surface area (Å²) in [5.41, 5.74) is 0.668. The van der Waals surface area contributed by atoms with Crippen LogP contribution in [0.3, 0.4) is 0 Å². The van der Waals surface area contributed by atoms with Gasteiger partial charge in [-0.1, -0.05) is 6.08 Å². The van der Waals surface area contributed by atoms with E-state index in [9.17, 15) is 4.79 Å². The highest BCUT2D eigenvalue weighted by atomic mass is 32.1. The van der Waals surface area contributed by atoms with Gasteiger partial charge in [-0.25, -0.2) is 9.78 Å². The summed E-state index contributed by atoms with van der Waals surface area (Å²) in [5, 5.41) is 2.94. The first-order valence-electron chi connectivity index (χ1n) is 6.02. The fraction of sp³-hybridized carbons (Fsp3) is 0.538. The summed E-state index contributed by atoms with van der Waals surface area (Å²) in [7, 11) is 0. The van der Waals surface area contributed by atoms with Crippen molar-refractivity contribution in [2.45, 2.75) is 32.8 Å².